The maximum absolute atomic E-state index is 12.5. The van der Waals surface area contributed by atoms with E-state index in [1.807, 2.05) is 18.2 Å². The molecule has 0 aliphatic heterocycles. The van der Waals surface area contributed by atoms with Gasteiger partial charge in [0.05, 0.1) is 12.0 Å². The monoisotopic (exact) mass is 412 g/mol. The Kier molecular flexibility index (Phi) is 9.26. The van der Waals surface area contributed by atoms with Crippen LogP contribution in [0, 0.1) is 0 Å². The second-order valence-electron chi connectivity index (χ2n) is 7.40. The van der Waals surface area contributed by atoms with Crippen molar-refractivity contribution in [1.29, 1.82) is 0 Å². The van der Waals surface area contributed by atoms with E-state index >= 15 is 0 Å². The van der Waals surface area contributed by atoms with Crippen molar-refractivity contribution in [2.75, 3.05) is 13.2 Å². The normalized spacial score (nSPS) is 11.8. The molecule has 5 heteroatoms. The molecule has 0 bridgehead atoms. The van der Waals surface area contributed by atoms with Crippen molar-refractivity contribution in [3.63, 3.8) is 0 Å². The van der Waals surface area contributed by atoms with Crippen molar-refractivity contribution in [3.05, 3.63) is 64.1 Å². The fourth-order valence-corrected chi connectivity index (χ4v) is 2.90. The highest BCUT2D eigenvalue weighted by molar-refractivity contribution is 5.89. The van der Waals surface area contributed by atoms with Gasteiger partial charge in [-0.2, -0.15) is 0 Å². The molecule has 1 heterocycles. The standard InChI is InChI=1S/C25H32O5/c1-5-6-7-8-16-28-24-23(29-17-15-19(4)12-9-11-18(2)3)20-13-10-14-21(26)22(20)30-25(24)27/h6-7,10-11,13-15,26H,5,8-9,12,16-17H2,1-4H3/b7-6?,19-15+. The summed E-state index contributed by atoms with van der Waals surface area (Å²) in [5.41, 5.74) is 1.94. The predicted octanol–water partition coefficient (Wildman–Crippen LogP) is 6.31. The largest absolute Gasteiger partial charge is 0.504 e. The third-order valence-electron chi connectivity index (χ3n) is 4.51. The third kappa shape index (κ3) is 6.83. The van der Waals surface area contributed by atoms with E-state index in [2.05, 4.69) is 33.8 Å². The molecule has 2 aromatic rings. The van der Waals surface area contributed by atoms with Gasteiger partial charge in [-0.25, -0.2) is 4.79 Å². The van der Waals surface area contributed by atoms with Crippen LogP contribution in [0.15, 0.2) is 62.9 Å². The molecule has 1 aromatic heterocycles. The molecule has 0 radical (unpaired) electrons. The SMILES string of the molecule is CCC=CCCOc1c(OC/C=C(\C)CCC=C(C)C)c2cccc(O)c2oc1=O. The maximum atomic E-state index is 12.5. The van der Waals surface area contributed by atoms with Gasteiger partial charge in [-0.1, -0.05) is 42.4 Å². The van der Waals surface area contributed by atoms with Crippen LogP contribution < -0.4 is 15.1 Å². The lowest BCUT2D eigenvalue weighted by Gasteiger charge is -2.13. The fourth-order valence-electron chi connectivity index (χ4n) is 2.90. The Bertz CT molecular complexity index is 975. The quantitative estimate of drug-likeness (QED) is 0.266. The van der Waals surface area contributed by atoms with Crippen LogP contribution in [0.4, 0.5) is 0 Å². The van der Waals surface area contributed by atoms with Gasteiger partial charge >= 0.3 is 5.63 Å². The summed E-state index contributed by atoms with van der Waals surface area (Å²) in [6.07, 6.45) is 11.8. The molecular weight excluding hydrogens is 380 g/mol. The number of fused-ring (bicyclic) bond motifs is 1. The van der Waals surface area contributed by atoms with Crippen molar-refractivity contribution >= 4 is 11.0 Å². The van der Waals surface area contributed by atoms with E-state index in [0.29, 0.717) is 30.8 Å². The number of benzene rings is 1. The Morgan fingerprint density at radius 2 is 1.87 bits per heavy atom. The number of hydrogen-bond acceptors (Lipinski definition) is 5. The Hall–Kier alpha value is -2.95. The molecule has 0 amide bonds. The van der Waals surface area contributed by atoms with Crippen LogP contribution in [0.2, 0.25) is 0 Å². The van der Waals surface area contributed by atoms with Gasteiger partial charge in [-0.05, 0) is 64.7 Å². The number of ether oxygens (including phenoxy) is 2. The van der Waals surface area contributed by atoms with Crippen molar-refractivity contribution < 1.29 is 19.0 Å². The second kappa shape index (κ2) is 11.9. The molecule has 0 saturated heterocycles. The molecule has 1 aromatic carbocycles. The summed E-state index contributed by atoms with van der Waals surface area (Å²) in [5, 5.41) is 10.6. The Balaban J connectivity index is 2.24. The van der Waals surface area contributed by atoms with Crippen LogP contribution in [-0.4, -0.2) is 18.3 Å². The molecule has 0 spiro atoms. The number of hydrogen-bond donors (Lipinski definition) is 1. The minimum Gasteiger partial charge on any atom is -0.504 e. The predicted molar refractivity (Wildman–Crippen MR) is 122 cm³/mol. The summed E-state index contributed by atoms with van der Waals surface area (Å²) in [5.74, 6) is 0.221. The zero-order chi connectivity index (χ0) is 21.9. The first kappa shape index (κ1) is 23.3. The molecule has 0 unspecified atom stereocenters. The number of aromatic hydroxyl groups is 1. The zero-order valence-corrected chi connectivity index (χ0v) is 18.4. The van der Waals surface area contributed by atoms with E-state index in [1.165, 1.54) is 17.2 Å². The average molecular weight is 413 g/mol. The molecule has 30 heavy (non-hydrogen) atoms. The van der Waals surface area contributed by atoms with Crippen molar-refractivity contribution in [3.8, 4) is 17.2 Å². The molecule has 1 N–H and O–H groups in total. The lowest BCUT2D eigenvalue weighted by molar-refractivity contribution is 0.275. The lowest BCUT2D eigenvalue weighted by Crippen LogP contribution is -2.11. The smallest absolute Gasteiger partial charge is 0.383 e. The highest BCUT2D eigenvalue weighted by atomic mass is 16.5. The van der Waals surface area contributed by atoms with E-state index in [4.69, 9.17) is 13.9 Å². The summed E-state index contributed by atoms with van der Waals surface area (Å²) in [6.45, 7) is 8.92. The molecule has 0 saturated carbocycles. The molecule has 0 fully saturated rings. The topological polar surface area (TPSA) is 68.9 Å². The number of rotatable bonds is 11. The van der Waals surface area contributed by atoms with Gasteiger partial charge in [0.2, 0.25) is 5.75 Å². The van der Waals surface area contributed by atoms with Crippen LogP contribution >= 0.6 is 0 Å². The van der Waals surface area contributed by atoms with E-state index < -0.39 is 5.63 Å². The lowest BCUT2D eigenvalue weighted by atomic mass is 10.1. The van der Waals surface area contributed by atoms with Crippen LogP contribution in [-0.2, 0) is 0 Å². The van der Waals surface area contributed by atoms with Gasteiger partial charge in [0.1, 0.15) is 6.61 Å². The van der Waals surface area contributed by atoms with Crippen LogP contribution in [0.1, 0.15) is 53.4 Å². The zero-order valence-electron chi connectivity index (χ0n) is 18.4. The summed E-state index contributed by atoms with van der Waals surface area (Å²) < 4.78 is 17.0. The molecule has 0 atom stereocenters. The summed E-state index contributed by atoms with van der Waals surface area (Å²) in [6, 6.07) is 4.89. The Morgan fingerprint density at radius 3 is 2.60 bits per heavy atom. The molecule has 5 nitrogen and oxygen atoms in total. The number of allylic oxidation sites excluding steroid dienone is 4. The van der Waals surface area contributed by atoms with Crippen molar-refractivity contribution in [2.24, 2.45) is 0 Å². The first-order chi connectivity index (χ1) is 14.4. The minimum absolute atomic E-state index is 0.0357. The minimum atomic E-state index is -0.664. The van der Waals surface area contributed by atoms with Gasteiger partial charge in [-0.3, -0.25) is 0 Å². The van der Waals surface area contributed by atoms with Crippen molar-refractivity contribution in [2.45, 2.75) is 53.4 Å². The number of para-hydroxylation sites is 1. The second-order valence-corrected chi connectivity index (χ2v) is 7.40. The summed E-state index contributed by atoms with van der Waals surface area (Å²) in [7, 11) is 0. The third-order valence-corrected chi connectivity index (χ3v) is 4.51. The molecule has 162 valence electrons. The van der Waals surface area contributed by atoms with Crippen LogP contribution in [0.3, 0.4) is 0 Å². The van der Waals surface area contributed by atoms with Gasteiger partial charge in [0, 0.05) is 0 Å². The Morgan fingerprint density at radius 1 is 1.07 bits per heavy atom. The number of phenolic OH excluding ortho intramolecular Hbond substituents is 1. The molecular formula is C25H32O5. The van der Waals surface area contributed by atoms with Gasteiger partial charge in [-0.15, -0.1) is 0 Å². The first-order valence-corrected chi connectivity index (χ1v) is 10.4. The maximum Gasteiger partial charge on any atom is 0.383 e. The Labute approximate surface area is 178 Å². The number of phenols is 1. The van der Waals surface area contributed by atoms with E-state index in [-0.39, 0.29) is 17.1 Å². The van der Waals surface area contributed by atoms with Crippen LogP contribution in [0.25, 0.3) is 11.0 Å². The fraction of sp³-hybridized carbons (Fsp3) is 0.400. The van der Waals surface area contributed by atoms with Gasteiger partial charge in [0.15, 0.2) is 17.1 Å². The average Bonchev–Trinajstić information content (AvgIpc) is 2.69. The van der Waals surface area contributed by atoms with E-state index in [9.17, 15) is 9.90 Å². The van der Waals surface area contributed by atoms with Gasteiger partial charge < -0.3 is 19.0 Å². The van der Waals surface area contributed by atoms with Crippen molar-refractivity contribution in [1.82, 2.24) is 0 Å². The first-order valence-electron chi connectivity index (χ1n) is 10.4. The highest BCUT2D eigenvalue weighted by Crippen LogP contribution is 2.36. The summed E-state index contributed by atoms with van der Waals surface area (Å²) >= 11 is 0. The van der Waals surface area contributed by atoms with Gasteiger partial charge in [0.25, 0.3) is 0 Å². The molecule has 2 rings (SSSR count). The molecule has 0 aliphatic carbocycles. The highest BCUT2D eigenvalue weighted by Gasteiger charge is 2.19. The summed E-state index contributed by atoms with van der Waals surface area (Å²) in [4.78, 5) is 12.5. The van der Waals surface area contributed by atoms with Crippen LogP contribution in [0.5, 0.6) is 17.2 Å². The van der Waals surface area contributed by atoms with E-state index in [1.54, 1.807) is 12.1 Å². The van der Waals surface area contributed by atoms with E-state index in [0.717, 1.165) is 19.3 Å². The molecule has 0 aliphatic rings.